The largest absolute Gasteiger partial charge is 0.490 e. The Hall–Kier alpha value is -1.38. The fourth-order valence-electron chi connectivity index (χ4n) is 1.51. The van der Waals surface area contributed by atoms with Crippen molar-refractivity contribution in [2.24, 2.45) is 0 Å². The molecule has 1 aliphatic rings. The molecule has 1 aromatic carbocycles. The van der Waals surface area contributed by atoms with E-state index in [1.807, 2.05) is 39.1 Å². The lowest BCUT2D eigenvalue weighted by Gasteiger charge is -2.15. The molecule has 1 aliphatic carbocycles. The molecule has 0 unspecified atom stereocenters. The molecular formula is C13H19NO2. The van der Waals surface area contributed by atoms with Crippen molar-refractivity contribution in [3.05, 3.63) is 18.2 Å². The van der Waals surface area contributed by atoms with E-state index in [1.165, 1.54) is 12.8 Å². The highest BCUT2D eigenvalue weighted by atomic mass is 16.5. The molecular weight excluding hydrogens is 202 g/mol. The van der Waals surface area contributed by atoms with Crippen LogP contribution in [0, 0.1) is 0 Å². The fraction of sp³-hybridized carbons (Fsp3) is 0.538. The van der Waals surface area contributed by atoms with Crippen LogP contribution in [0.25, 0.3) is 0 Å². The number of rotatable bonds is 5. The summed E-state index contributed by atoms with van der Waals surface area (Å²) in [6.45, 7) is 4.04. The van der Waals surface area contributed by atoms with Crippen LogP contribution in [0.2, 0.25) is 0 Å². The molecule has 0 aliphatic heterocycles. The Morgan fingerprint density at radius 1 is 1.31 bits per heavy atom. The van der Waals surface area contributed by atoms with E-state index in [9.17, 15) is 0 Å². The third-order valence-corrected chi connectivity index (χ3v) is 2.41. The molecule has 3 heteroatoms. The summed E-state index contributed by atoms with van der Waals surface area (Å²) in [7, 11) is 1.89. The summed E-state index contributed by atoms with van der Waals surface area (Å²) in [4.78, 5) is 0. The second kappa shape index (κ2) is 4.64. The van der Waals surface area contributed by atoms with Crippen LogP contribution in [0.1, 0.15) is 26.7 Å². The molecule has 88 valence electrons. The monoisotopic (exact) mass is 221 g/mol. The smallest absolute Gasteiger partial charge is 0.143 e. The zero-order valence-corrected chi connectivity index (χ0v) is 10.1. The molecule has 0 bridgehead atoms. The van der Waals surface area contributed by atoms with Crippen molar-refractivity contribution in [3.63, 3.8) is 0 Å². The van der Waals surface area contributed by atoms with Crippen molar-refractivity contribution in [1.29, 1.82) is 0 Å². The summed E-state index contributed by atoms with van der Waals surface area (Å²) < 4.78 is 11.4. The molecule has 0 heterocycles. The lowest BCUT2D eigenvalue weighted by atomic mass is 10.2. The van der Waals surface area contributed by atoms with Crippen LogP contribution in [0.15, 0.2) is 18.2 Å². The molecule has 0 aromatic heterocycles. The quantitative estimate of drug-likeness (QED) is 0.829. The van der Waals surface area contributed by atoms with Gasteiger partial charge in [-0.15, -0.1) is 0 Å². The van der Waals surface area contributed by atoms with Crippen LogP contribution < -0.4 is 14.8 Å². The summed E-state index contributed by atoms with van der Waals surface area (Å²) in [5.41, 5.74) is 0.979. The Morgan fingerprint density at radius 3 is 2.62 bits per heavy atom. The Balaban J connectivity index is 2.12. The molecule has 0 spiro atoms. The minimum absolute atomic E-state index is 0.183. The topological polar surface area (TPSA) is 30.5 Å². The molecule has 0 saturated heterocycles. The van der Waals surface area contributed by atoms with E-state index in [1.54, 1.807) is 0 Å². The van der Waals surface area contributed by atoms with Crippen LogP contribution in [0.3, 0.4) is 0 Å². The SMILES string of the molecule is CNc1cc(OC2CC2)ccc1OC(C)C. The van der Waals surface area contributed by atoms with Crippen molar-refractivity contribution in [2.45, 2.75) is 38.9 Å². The minimum atomic E-state index is 0.183. The van der Waals surface area contributed by atoms with Crippen LogP contribution in [-0.2, 0) is 0 Å². The van der Waals surface area contributed by atoms with Crippen LogP contribution in [-0.4, -0.2) is 19.3 Å². The number of nitrogens with one attached hydrogen (secondary N) is 1. The average Bonchev–Trinajstić information content (AvgIpc) is 3.03. The van der Waals surface area contributed by atoms with E-state index in [-0.39, 0.29) is 6.10 Å². The average molecular weight is 221 g/mol. The molecule has 0 atom stereocenters. The van der Waals surface area contributed by atoms with E-state index in [4.69, 9.17) is 9.47 Å². The normalized spacial score (nSPS) is 15.0. The van der Waals surface area contributed by atoms with Gasteiger partial charge in [0.2, 0.25) is 0 Å². The van der Waals surface area contributed by atoms with Gasteiger partial charge in [0.25, 0.3) is 0 Å². The first-order valence-corrected chi connectivity index (χ1v) is 5.84. The van der Waals surface area contributed by atoms with Crippen molar-refractivity contribution in [1.82, 2.24) is 0 Å². The van der Waals surface area contributed by atoms with Gasteiger partial charge in [-0.25, -0.2) is 0 Å². The third-order valence-electron chi connectivity index (χ3n) is 2.41. The van der Waals surface area contributed by atoms with Crippen molar-refractivity contribution < 1.29 is 9.47 Å². The first-order valence-electron chi connectivity index (χ1n) is 5.84. The Bertz CT molecular complexity index is 359. The van der Waals surface area contributed by atoms with Gasteiger partial charge in [-0.2, -0.15) is 0 Å². The van der Waals surface area contributed by atoms with Gasteiger partial charge in [-0.1, -0.05) is 0 Å². The molecule has 1 N–H and O–H groups in total. The zero-order valence-electron chi connectivity index (χ0n) is 10.1. The molecule has 0 radical (unpaired) electrons. The molecule has 1 aromatic rings. The number of ether oxygens (including phenoxy) is 2. The highest BCUT2D eigenvalue weighted by Gasteiger charge is 2.23. The van der Waals surface area contributed by atoms with E-state index in [0.717, 1.165) is 17.2 Å². The molecule has 16 heavy (non-hydrogen) atoms. The van der Waals surface area contributed by atoms with Gasteiger partial charge in [0.1, 0.15) is 11.5 Å². The van der Waals surface area contributed by atoms with Crippen molar-refractivity contribution >= 4 is 5.69 Å². The van der Waals surface area contributed by atoms with Gasteiger partial charge < -0.3 is 14.8 Å². The molecule has 1 fully saturated rings. The first kappa shape index (κ1) is 11.1. The summed E-state index contributed by atoms with van der Waals surface area (Å²) in [5.74, 6) is 1.80. The fourth-order valence-corrected chi connectivity index (χ4v) is 1.51. The highest BCUT2D eigenvalue weighted by Crippen LogP contribution is 2.33. The maximum absolute atomic E-state index is 5.73. The Kier molecular flexibility index (Phi) is 3.22. The lowest BCUT2D eigenvalue weighted by Crippen LogP contribution is -2.07. The third kappa shape index (κ3) is 2.81. The van der Waals surface area contributed by atoms with E-state index >= 15 is 0 Å². The number of hydrogen-bond donors (Lipinski definition) is 1. The van der Waals surface area contributed by atoms with Gasteiger partial charge >= 0.3 is 0 Å². The van der Waals surface area contributed by atoms with Crippen molar-refractivity contribution in [3.8, 4) is 11.5 Å². The van der Waals surface area contributed by atoms with E-state index in [2.05, 4.69) is 5.32 Å². The van der Waals surface area contributed by atoms with E-state index in [0.29, 0.717) is 6.10 Å². The summed E-state index contributed by atoms with van der Waals surface area (Å²) in [6, 6.07) is 5.93. The summed E-state index contributed by atoms with van der Waals surface area (Å²) in [5, 5.41) is 3.13. The van der Waals surface area contributed by atoms with Crippen LogP contribution in [0.5, 0.6) is 11.5 Å². The minimum Gasteiger partial charge on any atom is -0.490 e. The predicted octanol–water partition coefficient (Wildman–Crippen LogP) is 3.06. The maximum atomic E-state index is 5.73. The molecule has 1 saturated carbocycles. The van der Waals surface area contributed by atoms with Gasteiger partial charge in [0.05, 0.1) is 17.9 Å². The lowest BCUT2D eigenvalue weighted by molar-refractivity contribution is 0.243. The van der Waals surface area contributed by atoms with Gasteiger partial charge in [-0.3, -0.25) is 0 Å². The Morgan fingerprint density at radius 2 is 2.06 bits per heavy atom. The summed E-state index contributed by atoms with van der Waals surface area (Å²) in [6.07, 6.45) is 2.97. The zero-order chi connectivity index (χ0) is 11.5. The van der Waals surface area contributed by atoms with E-state index < -0.39 is 0 Å². The number of benzene rings is 1. The van der Waals surface area contributed by atoms with Gasteiger partial charge in [0, 0.05) is 13.1 Å². The predicted molar refractivity (Wildman–Crippen MR) is 65.4 cm³/mol. The first-order chi connectivity index (χ1) is 7.69. The van der Waals surface area contributed by atoms with Gasteiger partial charge in [0.15, 0.2) is 0 Å². The van der Waals surface area contributed by atoms with Crippen molar-refractivity contribution in [2.75, 3.05) is 12.4 Å². The number of anilines is 1. The van der Waals surface area contributed by atoms with Crippen LogP contribution in [0.4, 0.5) is 5.69 Å². The number of hydrogen-bond acceptors (Lipinski definition) is 3. The second-order valence-electron chi connectivity index (χ2n) is 4.39. The molecule has 2 rings (SSSR count). The highest BCUT2D eigenvalue weighted by molar-refractivity contribution is 5.59. The van der Waals surface area contributed by atoms with Crippen LogP contribution >= 0.6 is 0 Å². The summed E-state index contributed by atoms with van der Waals surface area (Å²) >= 11 is 0. The second-order valence-corrected chi connectivity index (χ2v) is 4.39. The maximum Gasteiger partial charge on any atom is 0.143 e. The molecule has 0 amide bonds. The van der Waals surface area contributed by atoms with Gasteiger partial charge in [-0.05, 0) is 38.8 Å². The standard InChI is InChI=1S/C13H19NO2/c1-9(2)15-13-7-6-11(8-12(13)14-3)16-10-4-5-10/h6-10,14H,4-5H2,1-3H3. The molecule has 3 nitrogen and oxygen atoms in total. The Labute approximate surface area is 96.8 Å².